The molecule has 1 aromatic rings. The molecule has 0 bridgehead atoms. The molecule has 1 heterocycles. The molecule has 0 radical (unpaired) electrons. The number of hydrogen-bond acceptors (Lipinski definition) is 4. The van der Waals surface area contributed by atoms with E-state index in [1.165, 1.54) is 7.05 Å². The Balaban J connectivity index is 1.98. The molecule has 0 aromatic heterocycles. The summed E-state index contributed by atoms with van der Waals surface area (Å²) in [6, 6.07) is 4.93. The first-order chi connectivity index (χ1) is 10.0. The highest BCUT2D eigenvalue weighted by Gasteiger charge is 2.52. The number of carbonyl (C=O) groups is 3. The second-order valence-electron chi connectivity index (χ2n) is 5.10. The second kappa shape index (κ2) is 4.76. The van der Waals surface area contributed by atoms with E-state index in [-0.39, 0.29) is 6.03 Å². The van der Waals surface area contributed by atoms with E-state index >= 15 is 0 Å². The van der Waals surface area contributed by atoms with Crippen LogP contribution in [0.2, 0.25) is 0 Å². The summed E-state index contributed by atoms with van der Waals surface area (Å²) in [6.45, 7) is 0. The molecule has 1 atom stereocenters. The number of aryl methyl sites for hydroxylation is 1. The first-order valence-electron chi connectivity index (χ1n) is 6.72. The number of imide groups is 1. The molecule has 1 aliphatic heterocycles. The molecule has 3 N–H and O–H groups in total. The third-order valence-corrected chi connectivity index (χ3v) is 3.85. The summed E-state index contributed by atoms with van der Waals surface area (Å²) >= 11 is 0. The summed E-state index contributed by atoms with van der Waals surface area (Å²) in [5.74, 6) is -0.416. The van der Waals surface area contributed by atoms with Crippen LogP contribution in [0.3, 0.4) is 0 Å². The van der Waals surface area contributed by atoms with Gasteiger partial charge in [-0.1, -0.05) is 6.07 Å². The SMILES string of the molecule is CNC(=O)Nc1ccc2c(c1)CCC[C@]21OC(=O)NC1=O. The van der Waals surface area contributed by atoms with E-state index in [9.17, 15) is 14.4 Å². The molecular weight excluding hydrogens is 274 g/mol. The maximum Gasteiger partial charge on any atom is 0.415 e. The van der Waals surface area contributed by atoms with E-state index in [0.29, 0.717) is 17.7 Å². The summed E-state index contributed by atoms with van der Waals surface area (Å²) in [5, 5.41) is 7.35. The second-order valence-corrected chi connectivity index (χ2v) is 5.10. The van der Waals surface area contributed by atoms with Crippen LogP contribution in [0.15, 0.2) is 18.2 Å². The molecule has 0 unspecified atom stereocenters. The minimum Gasteiger partial charge on any atom is -0.427 e. The molecule has 4 amide bonds. The third kappa shape index (κ3) is 2.10. The number of urea groups is 1. The van der Waals surface area contributed by atoms with Crippen LogP contribution in [0, 0.1) is 0 Å². The van der Waals surface area contributed by atoms with Crippen LogP contribution in [0.4, 0.5) is 15.3 Å². The lowest BCUT2D eigenvalue weighted by Crippen LogP contribution is -2.39. The van der Waals surface area contributed by atoms with Crippen LogP contribution in [0.5, 0.6) is 0 Å². The molecule has 21 heavy (non-hydrogen) atoms. The molecular formula is C14H15N3O4. The Morgan fingerprint density at radius 1 is 1.38 bits per heavy atom. The van der Waals surface area contributed by atoms with Gasteiger partial charge in [0.2, 0.25) is 5.60 Å². The van der Waals surface area contributed by atoms with Gasteiger partial charge in [-0.05, 0) is 30.5 Å². The highest BCUT2D eigenvalue weighted by molar-refractivity contribution is 6.03. The number of benzene rings is 1. The van der Waals surface area contributed by atoms with Crippen molar-refractivity contribution in [2.45, 2.75) is 24.9 Å². The van der Waals surface area contributed by atoms with Gasteiger partial charge in [0, 0.05) is 24.7 Å². The van der Waals surface area contributed by atoms with Gasteiger partial charge in [-0.3, -0.25) is 10.1 Å². The lowest BCUT2D eigenvalue weighted by atomic mass is 9.78. The Bertz CT molecular complexity index is 643. The fraction of sp³-hybridized carbons (Fsp3) is 0.357. The molecule has 7 nitrogen and oxygen atoms in total. The van der Waals surface area contributed by atoms with E-state index in [0.717, 1.165) is 18.4 Å². The van der Waals surface area contributed by atoms with Crippen molar-refractivity contribution in [3.63, 3.8) is 0 Å². The van der Waals surface area contributed by atoms with Crippen LogP contribution in [-0.2, 0) is 21.6 Å². The number of hydrogen-bond donors (Lipinski definition) is 3. The first-order valence-corrected chi connectivity index (χ1v) is 6.72. The molecule has 1 fully saturated rings. The van der Waals surface area contributed by atoms with E-state index in [1.54, 1.807) is 12.1 Å². The number of ether oxygens (including phenoxy) is 1. The zero-order valence-corrected chi connectivity index (χ0v) is 11.5. The van der Waals surface area contributed by atoms with Gasteiger partial charge >= 0.3 is 12.1 Å². The standard InChI is InChI=1S/C14H15N3O4/c1-15-12(19)16-9-4-5-10-8(7-9)3-2-6-14(10)11(18)17-13(20)21-14/h4-5,7H,2-3,6H2,1H3,(H2,15,16,19)(H,17,18,20)/t14-/m0/s1. The summed E-state index contributed by atoms with van der Waals surface area (Å²) in [6.07, 6.45) is 1.27. The van der Waals surface area contributed by atoms with Crippen molar-refractivity contribution in [1.82, 2.24) is 10.6 Å². The van der Waals surface area contributed by atoms with Crippen LogP contribution in [-0.4, -0.2) is 25.1 Å². The Labute approximate surface area is 121 Å². The molecule has 1 aliphatic carbocycles. The highest BCUT2D eigenvalue weighted by Crippen LogP contribution is 2.41. The van der Waals surface area contributed by atoms with Crippen molar-refractivity contribution in [3.05, 3.63) is 29.3 Å². The van der Waals surface area contributed by atoms with Crippen molar-refractivity contribution in [3.8, 4) is 0 Å². The largest absolute Gasteiger partial charge is 0.427 e. The molecule has 0 saturated carbocycles. The number of nitrogens with one attached hydrogen (secondary N) is 3. The number of anilines is 1. The maximum atomic E-state index is 12.1. The number of amides is 4. The molecule has 110 valence electrons. The van der Waals surface area contributed by atoms with Gasteiger partial charge in [-0.25, -0.2) is 9.59 Å². The maximum absolute atomic E-state index is 12.1. The zero-order valence-electron chi connectivity index (χ0n) is 11.5. The predicted molar refractivity (Wildman–Crippen MR) is 73.8 cm³/mol. The molecule has 3 rings (SSSR count). The van der Waals surface area contributed by atoms with Crippen LogP contribution in [0.1, 0.15) is 24.0 Å². The van der Waals surface area contributed by atoms with E-state index in [1.807, 2.05) is 6.07 Å². The summed E-state index contributed by atoms with van der Waals surface area (Å²) in [5.41, 5.74) is 1.02. The number of alkyl carbamates (subject to hydrolysis) is 1. The van der Waals surface area contributed by atoms with Crippen molar-refractivity contribution in [1.29, 1.82) is 0 Å². The first kappa shape index (κ1) is 13.4. The third-order valence-electron chi connectivity index (χ3n) is 3.85. The lowest BCUT2D eigenvalue weighted by molar-refractivity contribution is -0.133. The van der Waals surface area contributed by atoms with E-state index in [4.69, 9.17) is 4.74 Å². The highest BCUT2D eigenvalue weighted by atomic mass is 16.6. The van der Waals surface area contributed by atoms with E-state index < -0.39 is 17.6 Å². The van der Waals surface area contributed by atoms with Crippen LogP contribution < -0.4 is 16.0 Å². The van der Waals surface area contributed by atoms with E-state index in [2.05, 4.69) is 16.0 Å². The van der Waals surface area contributed by atoms with Crippen LogP contribution in [0.25, 0.3) is 0 Å². The Morgan fingerprint density at radius 3 is 2.86 bits per heavy atom. The average Bonchev–Trinajstić information content (AvgIpc) is 2.73. The number of rotatable bonds is 1. The fourth-order valence-corrected chi connectivity index (χ4v) is 2.89. The smallest absolute Gasteiger partial charge is 0.415 e. The minimum absolute atomic E-state index is 0.314. The van der Waals surface area contributed by atoms with Crippen LogP contribution >= 0.6 is 0 Å². The molecule has 1 spiro atoms. The van der Waals surface area contributed by atoms with Crippen molar-refractivity contribution in [2.75, 3.05) is 12.4 Å². The van der Waals surface area contributed by atoms with Gasteiger partial charge in [0.15, 0.2) is 0 Å². The average molecular weight is 289 g/mol. The Hall–Kier alpha value is -2.57. The quantitative estimate of drug-likeness (QED) is 0.724. The molecule has 7 heteroatoms. The minimum atomic E-state index is -1.21. The summed E-state index contributed by atoms with van der Waals surface area (Å²) in [7, 11) is 1.53. The lowest BCUT2D eigenvalue weighted by Gasteiger charge is -2.31. The summed E-state index contributed by atoms with van der Waals surface area (Å²) < 4.78 is 5.27. The molecule has 2 aliphatic rings. The number of carbonyl (C=O) groups excluding carboxylic acids is 3. The van der Waals surface area contributed by atoms with Gasteiger partial charge in [0.05, 0.1) is 0 Å². The van der Waals surface area contributed by atoms with Crippen molar-refractivity contribution in [2.24, 2.45) is 0 Å². The van der Waals surface area contributed by atoms with Gasteiger partial charge < -0.3 is 15.4 Å². The van der Waals surface area contributed by atoms with Gasteiger partial charge in [-0.2, -0.15) is 0 Å². The zero-order chi connectivity index (χ0) is 15.0. The number of fused-ring (bicyclic) bond motifs is 2. The molecule has 1 saturated heterocycles. The van der Waals surface area contributed by atoms with Gasteiger partial charge in [0.1, 0.15) is 0 Å². The van der Waals surface area contributed by atoms with Gasteiger partial charge in [-0.15, -0.1) is 0 Å². The summed E-state index contributed by atoms with van der Waals surface area (Å²) in [4.78, 5) is 34.8. The van der Waals surface area contributed by atoms with Gasteiger partial charge in [0.25, 0.3) is 5.91 Å². The fourth-order valence-electron chi connectivity index (χ4n) is 2.89. The molecule has 1 aromatic carbocycles. The van der Waals surface area contributed by atoms with Crippen molar-refractivity contribution >= 4 is 23.7 Å². The normalized spacial score (nSPS) is 23.3. The topological polar surface area (TPSA) is 96.5 Å². The Morgan fingerprint density at radius 2 is 2.19 bits per heavy atom. The monoisotopic (exact) mass is 289 g/mol. The predicted octanol–water partition coefficient (Wildman–Crippen LogP) is 1.24. The Kier molecular flexibility index (Phi) is 3.04. The van der Waals surface area contributed by atoms with Crippen molar-refractivity contribution < 1.29 is 19.1 Å².